The van der Waals surface area contributed by atoms with Crippen LogP contribution in [0.15, 0.2) is 47.0 Å². The second kappa shape index (κ2) is 8.68. The topological polar surface area (TPSA) is 72.1 Å². The number of carbonyl (C=O) groups excluding carboxylic acids is 1. The highest BCUT2D eigenvalue weighted by atomic mass is 35.5. The number of hydrogen-bond acceptors (Lipinski definition) is 6. The Balaban J connectivity index is 1.47. The van der Waals surface area contributed by atoms with Crippen LogP contribution in [0.4, 0.5) is 4.39 Å². The Kier molecular flexibility index (Phi) is 5.72. The van der Waals surface area contributed by atoms with Crippen LogP contribution in [0.2, 0.25) is 5.02 Å². The number of aryl methyl sites for hydroxylation is 1. The summed E-state index contributed by atoms with van der Waals surface area (Å²) in [4.78, 5) is 24.8. The van der Waals surface area contributed by atoms with Gasteiger partial charge in [0, 0.05) is 22.7 Å². The molecule has 0 unspecified atom stereocenters. The van der Waals surface area contributed by atoms with Crippen molar-refractivity contribution in [2.24, 2.45) is 0 Å². The van der Waals surface area contributed by atoms with E-state index in [1.807, 2.05) is 32.0 Å². The number of hydrogen-bond donors (Lipinski definition) is 0. The van der Waals surface area contributed by atoms with E-state index in [9.17, 15) is 9.18 Å². The fourth-order valence-electron chi connectivity index (χ4n) is 4.13. The van der Waals surface area contributed by atoms with Gasteiger partial charge in [0.25, 0.3) is 5.91 Å². The van der Waals surface area contributed by atoms with Crippen LogP contribution in [0.25, 0.3) is 21.8 Å². The first-order chi connectivity index (χ1) is 15.9. The Morgan fingerprint density at radius 2 is 1.94 bits per heavy atom. The highest BCUT2D eigenvalue weighted by molar-refractivity contribution is 7.15. The first-order valence-electron chi connectivity index (χ1n) is 10.6. The van der Waals surface area contributed by atoms with Gasteiger partial charge in [0.05, 0.1) is 9.88 Å². The van der Waals surface area contributed by atoms with E-state index in [-0.39, 0.29) is 23.5 Å². The number of benzene rings is 2. The fourth-order valence-corrected chi connectivity index (χ4v) is 5.24. The van der Waals surface area contributed by atoms with E-state index >= 15 is 0 Å². The van der Waals surface area contributed by atoms with E-state index in [4.69, 9.17) is 16.1 Å². The Bertz CT molecular complexity index is 1350. The van der Waals surface area contributed by atoms with Crippen molar-refractivity contribution in [2.45, 2.75) is 32.7 Å². The summed E-state index contributed by atoms with van der Waals surface area (Å²) in [5.41, 5.74) is 2.27. The predicted octanol–water partition coefficient (Wildman–Crippen LogP) is 6.25. The van der Waals surface area contributed by atoms with Crippen LogP contribution in [0, 0.1) is 19.7 Å². The van der Waals surface area contributed by atoms with Crippen molar-refractivity contribution in [1.29, 1.82) is 0 Å². The van der Waals surface area contributed by atoms with Crippen molar-refractivity contribution in [2.75, 3.05) is 6.54 Å². The van der Waals surface area contributed by atoms with E-state index < -0.39 is 0 Å². The molecule has 1 aliphatic rings. The molecule has 2 aromatic carbocycles. The standard InChI is InChI=1S/C24H20ClFN4O2S/c1-13-15(8-5-9-17(13)25)22-28-23(32-29-22)19-11-6-12-30(19)24(31)20-21(33-14(2)27-20)16-7-3-4-10-18(16)26/h3-5,7-10,19H,6,11-12H2,1-2H3/t19-/m0/s1. The minimum Gasteiger partial charge on any atom is -0.337 e. The molecule has 1 aliphatic heterocycles. The SMILES string of the molecule is Cc1nc(C(=O)N2CCC[C@H]2c2nc(-c3cccc(Cl)c3C)no2)c(-c2ccccc2F)s1. The monoisotopic (exact) mass is 482 g/mol. The summed E-state index contributed by atoms with van der Waals surface area (Å²) >= 11 is 7.54. The molecule has 0 aliphatic carbocycles. The van der Waals surface area contributed by atoms with E-state index in [0.717, 1.165) is 17.5 Å². The quantitative estimate of drug-likeness (QED) is 0.344. The Morgan fingerprint density at radius 3 is 2.76 bits per heavy atom. The number of nitrogens with zero attached hydrogens (tertiary/aromatic N) is 4. The third-order valence-electron chi connectivity index (χ3n) is 5.80. The number of carbonyl (C=O) groups is 1. The van der Waals surface area contributed by atoms with Crippen LogP contribution in [-0.4, -0.2) is 32.5 Å². The zero-order valence-corrected chi connectivity index (χ0v) is 19.6. The maximum Gasteiger partial charge on any atom is 0.274 e. The van der Waals surface area contributed by atoms with Gasteiger partial charge in [-0.05, 0) is 44.4 Å². The van der Waals surface area contributed by atoms with E-state index in [0.29, 0.717) is 45.2 Å². The summed E-state index contributed by atoms with van der Waals surface area (Å²) in [6.07, 6.45) is 1.49. The maximum atomic E-state index is 14.5. The van der Waals surface area contributed by atoms with Crippen molar-refractivity contribution < 1.29 is 13.7 Å². The molecule has 1 fully saturated rings. The molecule has 0 N–H and O–H groups in total. The summed E-state index contributed by atoms with van der Waals surface area (Å²) in [7, 11) is 0. The molecule has 0 radical (unpaired) electrons. The first-order valence-corrected chi connectivity index (χ1v) is 11.8. The maximum absolute atomic E-state index is 14.5. The molecule has 168 valence electrons. The minimum atomic E-state index is -0.383. The molecule has 9 heteroatoms. The molecule has 1 amide bonds. The van der Waals surface area contributed by atoms with Crippen molar-refractivity contribution in [3.63, 3.8) is 0 Å². The number of amides is 1. The number of rotatable bonds is 4. The molecule has 5 rings (SSSR count). The van der Waals surface area contributed by atoms with Crippen molar-refractivity contribution in [3.05, 3.63) is 75.5 Å². The Morgan fingerprint density at radius 1 is 1.15 bits per heavy atom. The molecule has 4 aromatic rings. The van der Waals surface area contributed by atoms with Crippen LogP contribution in [0.1, 0.15) is 45.8 Å². The van der Waals surface area contributed by atoms with Crippen LogP contribution < -0.4 is 0 Å². The normalized spacial score (nSPS) is 15.9. The molecule has 33 heavy (non-hydrogen) atoms. The van der Waals surface area contributed by atoms with Gasteiger partial charge in [0.15, 0.2) is 0 Å². The number of halogens is 2. The van der Waals surface area contributed by atoms with Crippen LogP contribution in [0.3, 0.4) is 0 Å². The van der Waals surface area contributed by atoms with Crippen molar-refractivity contribution >= 4 is 28.8 Å². The van der Waals surface area contributed by atoms with Gasteiger partial charge in [-0.2, -0.15) is 4.98 Å². The summed E-state index contributed by atoms with van der Waals surface area (Å²) in [6.45, 7) is 4.24. The molecule has 1 atom stereocenters. The number of likely N-dealkylation sites (tertiary alicyclic amines) is 1. The van der Waals surface area contributed by atoms with Crippen LogP contribution in [-0.2, 0) is 0 Å². The molecular weight excluding hydrogens is 463 g/mol. The molecular formula is C24H20ClFN4O2S. The van der Waals surface area contributed by atoms with E-state index in [1.54, 1.807) is 23.1 Å². The molecule has 0 saturated carbocycles. The van der Waals surface area contributed by atoms with Gasteiger partial charge >= 0.3 is 0 Å². The second-order valence-corrected chi connectivity index (χ2v) is 9.53. The first kappa shape index (κ1) is 21.7. The van der Waals surface area contributed by atoms with Gasteiger partial charge in [-0.25, -0.2) is 9.37 Å². The van der Waals surface area contributed by atoms with Crippen molar-refractivity contribution in [1.82, 2.24) is 20.0 Å². The lowest BCUT2D eigenvalue weighted by molar-refractivity contribution is 0.0705. The molecule has 3 heterocycles. The minimum absolute atomic E-state index is 0.250. The van der Waals surface area contributed by atoms with E-state index in [1.165, 1.54) is 17.4 Å². The third-order valence-corrected chi connectivity index (χ3v) is 7.22. The summed E-state index contributed by atoms with van der Waals surface area (Å²) in [5, 5.41) is 5.45. The molecule has 1 saturated heterocycles. The Labute approximate surface area is 199 Å². The fraction of sp³-hybridized carbons (Fsp3) is 0.250. The lowest BCUT2D eigenvalue weighted by Gasteiger charge is -2.21. The summed E-state index contributed by atoms with van der Waals surface area (Å²) < 4.78 is 20.1. The summed E-state index contributed by atoms with van der Waals surface area (Å²) in [6, 6.07) is 11.6. The number of aromatic nitrogens is 3. The highest BCUT2D eigenvalue weighted by Gasteiger charge is 2.37. The van der Waals surface area contributed by atoms with Crippen LogP contribution in [0.5, 0.6) is 0 Å². The van der Waals surface area contributed by atoms with Crippen LogP contribution >= 0.6 is 22.9 Å². The van der Waals surface area contributed by atoms with Gasteiger partial charge in [-0.3, -0.25) is 4.79 Å². The highest BCUT2D eigenvalue weighted by Crippen LogP contribution is 2.38. The third kappa shape index (κ3) is 3.94. The average molecular weight is 483 g/mol. The molecule has 6 nitrogen and oxygen atoms in total. The van der Waals surface area contributed by atoms with E-state index in [2.05, 4.69) is 15.1 Å². The number of thiazole rings is 1. The van der Waals surface area contributed by atoms with Gasteiger partial charge in [-0.15, -0.1) is 11.3 Å². The van der Waals surface area contributed by atoms with Gasteiger partial charge in [0.1, 0.15) is 17.6 Å². The zero-order valence-electron chi connectivity index (χ0n) is 18.0. The smallest absolute Gasteiger partial charge is 0.274 e. The molecule has 0 bridgehead atoms. The van der Waals surface area contributed by atoms with Gasteiger partial charge in [0.2, 0.25) is 11.7 Å². The lowest BCUT2D eigenvalue weighted by atomic mass is 10.1. The van der Waals surface area contributed by atoms with Crippen molar-refractivity contribution in [3.8, 4) is 21.8 Å². The van der Waals surface area contributed by atoms with Gasteiger partial charge in [-0.1, -0.05) is 47.1 Å². The largest absolute Gasteiger partial charge is 0.337 e. The zero-order chi connectivity index (χ0) is 23.1. The predicted molar refractivity (Wildman–Crippen MR) is 125 cm³/mol. The molecule has 0 spiro atoms. The molecule has 2 aromatic heterocycles. The average Bonchev–Trinajstić information content (AvgIpc) is 3.54. The Hall–Kier alpha value is -3.10. The lowest BCUT2D eigenvalue weighted by Crippen LogP contribution is -2.31. The second-order valence-electron chi connectivity index (χ2n) is 7.92. The summed E-state index contributed by atoms with van der Waals surface area (Å²) in [5.74, 6) is 0.154. The van der Waals surface area contributed by atoms with Gasteiger partial charge < -0.3 is 9.42 Å².